The molecule has 40 heavy (non-hydrogen) atoms. The van der Waals surface area contributed by atoms with Crippen LogP contribution < -0.4 is 4.74 Å². The van der Waals surface area contributed by atoms with Gasteiger partial charge in [-0.25, -0.2) is 4.79 Å². The molecule has 5 rings (SSSR count). The molecule has 0 saturated carbocycles. The zero-order valence-corrected chi connectivity index (χ0v) is 22.2. The minimum absolute atomic E-state index is 0.220. The van der Waals surface area contributed by atoms with Crippen LogP contribution in [-0.2, 0) is 20.6 Å². The van der Waals surface area contributed by atoms with E-state index in [1.807, 2.05) is 60.8 Å². The number of hydrogen-bond acceptors (Lipinski definition) is 9. The molecule has 6 atom stereocenters. The van der Waals surface area contributed by atoms with Crippen molar-refractivity contribution in [3.63, 3.8) is 0 Å². The van der Waals surface area contributed by atoms with E-state index in [0.717, 1.165) is 32.8 Å². The van der Waals surface area contributed by atoms with Crippen molar-refractivity contribution in [2.24, 2.45) is 0 Å². The number of benzene rings is 3. The summed E-state index contributed by atoms with van der Waals surface area (Å²) in [6, 6.07) is 19.4. The van der Waals surface area contributed by atoms with Gasteiger partial charge in [0.1, 0.15) is 30.2 Å². The number of rotatable bonds is 8. The van der Waals surface area contributed by atoms with Gasteiger partial charge in [-0.1, -0.05) is 42.5 Å². The largest absolute Gasteiger partial charge is 0.511 e. The van der Waals surface area contributed by atoms with Crippen molar-refractivity contribution in [2.45, 2.75) is 57.2 Å². The second kappa shape index (κ2) is 11.8. The van der Waals surface area contributed by atoms with Crippen LogP contribution in [0, 0.1) is 0 Å². The number of aliphatic hydroxyl groups is 4. The van der Waals surface area contributed by atoms with Gasteiger partial charge >= 0.3 is 6.16 Å². The SMILES string of the molecule is CCOC(=O)OC(C)Oc1ccc2cc(Cc3cn([C@@H]4O[C@H](CO)[C@@H](O)[C@H](O)[C@H]4O)c4ccccc34)ccc2c1. The highest BCUT2D eigenvalue weighted by Crippen LogP contribution is 2.34. The standard InChI is InChI=1S/C30H33NO9/c1-3-37-30(36)39-17(2)38-22-11-10-19-12-18(8-9-20(19)14-22)13-21-15-31(24-7-5-4-6-23(21)24)29-28(35)27(34)26(33)25(16-32)40-29/h4-12,14-15,17,25-29,32-35H,3,13,16H2,1-2H3/t17?,25-,26-,27+,28-,29-/m1/s1. The van der Waals surface area contributed by atoms with E-state index in [4.69, 9.17) is 18.9 Å². The predicted octanol–water partition coefficient (Wildman–Crippen LogP) is 3.26. The Kier molecular flexibility index (Phi) is 8.24. The molecule has 0 aliphatic carbocycles. The molecule has 212 valence electrons. The first kappa shape index (κ1) is 27.9. The van der Waals surface area contributed by atoms with Crippen LogP contribution >= 0.6 is 0 Å². The van der Waals surface area contributed by atoms with Gasteiger partial charge < -0.3 is 43.9 Å². The number of aromatic nitrogens is 1. The van der Waals surface area contributed by atoms with E-state index >= 15 is 0 Å². The lowest BCUT2D eigenvalue weighted by Gasteiger charge is -2.40. The van der Waals surface area contributed by atoms with Crippen molar-refractivity contribution >= 4 is 27.8 Å². The van der Waals surface area contributed by atoms with E-state index in [9.17, 15) is 25.2 Å². The average Bonchev–Trinajstić information content (AvgIpc) is 3.30. The van der Waals surface area contributed by atoms with Gasteiger partial charge in [-0.3, -0.25) is 0 Å². The van der Waals surface area contributed by atoms with Crippen LogP contribution in [0.15, 0.2) is 66.9 Å². The molecule has 1 fully saturated rings. The summed E-state index contributed by atoms with van der Waals surface area (Å²) in [7, 11) is 0. The Morgan fingerprint density at radius 1 is 1.00 bits per heavy atom. The lowest BCUT2D eigenvalue weighted by Crippen LogP contribution is -2.56. The Morgan fingerprint density at radius 3 is 2.52 bits per heavy atom. The van der Waals surface area contributed by atoms with E-state index in [0.29, 0.717) is 12.2 Å². The topological polar surface area (TPSA) is 140 Å². The molecule has 0 radical (unpaired) electrons. The third kappa shape index (κ3) is 5.63. The molecule has 4 N–H and O–H groups in total. The van der Waals surface area contributed by atoms with Gasteiger partial charge in [0, 0.05) is 18.5 Å². The molecule has 10 heteroatoms. The van der Waals surface area contributed by atoms with Gasteiger partial charge in [0.2, 0.25) is 6.29 Å². The molecule has 4 aromatic rings. The average molecular weight is 552 g/mol. The van der Waals surface area contributed by atoms with E-state index in [-0.39, 0.29) is 6.61 Å². The maximum absolute atomic E-state index is 11.5. The third-order valence-electron chi connectivity index (χ3n) is 7.06. The molecule has 0 amide bonds. The smallest absolute Gasteiger partial charge is 0.455 e. The van der Waals surface area contributed by atoms with Crippen molar-refractivity contribution in [2.75, 3.05) is 13.2 Å². The molecule has 2 heterocycles. The Bertz CT molecular complexity index is 1480. The first-order chi connectivity index (χ1) is 19.3. The highest BCUT2D eigenvalue weighted by molar-refractivity contribution is 5.86. The fourth-order valence-electron chi connectivity index (χ4n) is 5.12. The highest BCUT2D eigenvalue weighted by atomic mass is 16.8. The zero-order valence-electron chi connectivity index (χ0n) is 22.2. The molecule has 1 aliphatic heterocycles. The summed E-state index contributed by atoms with van der Waals surface area (Å²) in [6.45, 7) is 3.04. The summed E-state index contributed by atoms with van der Waals surface area (Å²) in [5.41, 5.74) is 2.83. The number of aliphatic hydroxyl groups excluding tert-OH is 4. The van der Waals surface area contributed by atoms with E-state index in [1.165, 1.54) is 0 Å². The Morgan fingerprint density at radius 2 is 1.75 bits per heavy atom. The molecular formula is C30H33NO9. The maximum atomic E-state index is 11.5. The van der Waals surface area contributed by atoms with Gasteiger partial charge in [-0.05, 0) is 53.4 Å². The molecule has 1 aromatic heterocycles. The molecule has 1 saturated heterocycles. The summed E-state index contributed by atoms with van der Waals surface area (Å²) in [5, 5.41) is 43.8. The van der Waals surface area contributed by atoms with Crippen LogP contribution in [-0.4, -0.2) is 75.1 Å². The van der Waals surface area contributed by atoms with Gasteiger partial charge in [0.15, 0.2) is 6.23 Å². The molecule has 3 aromatic carbocycles. The number of para-hydroxylation sites is 1. The summed E-state index contributed by atoms with van der Waals surface area (Å²) < 4.78 is 23.1. The summed E-state index contributed by atoms with van der Waals surface area (Å²) in [6.07, 6.45) is -5.38. The number of hydrogen-bond donors (Lipinski definition) is 4. The predicted molar refractivity (Wildman–Crippen MR) is 146 cm³/mol. The van der Waals surface area contributed by atoms with Crippen molar-refractivity contribution < 1.29 is 44.2 Å². The van der Waals surface area contributed by atoms with E-state index < -0.39 is 49.7 Å². The summed E-state index contributed by atoms with van der Waals surface area (Å²) in [4.78, 5) is 11.5. The fourth-order valence-corrected chi connectivity index (χ4v) is 5.12. The molecule has 10 nitrogen and oxygen atoms in total. The first-order valence-corrected chi connectivity index (χ1v) is 13.2. The summed E-state index contributed by atoms with van der Waals surface area (Å²) >= 11 is 0. The van der Waals surface area contributed by atoms with E-state index in [1.54, 1.807) is 18.4 Å². The minimum atomic E-state index is -1.46. The molecule has 0 spiro atoms. The van der Waals surface area contributed by atoms with Crippen LogP contribution in [0.4, 0.5) is 4.79 Å². The second-order valence-corrected chi connectivity index (χ2v) is 9.80. The monoisotopic (exact) mass is 551 g/mol. The molecule has 0 bridgehead atoms. The van der Waals surface area contributed by atoms with Crippen LogP contribution in [0.25, 0.3) is 21.7 Å². The van der Waals surface area contributed by atoms with Crippen molar-refractivity contribution in [3.05, 3.63) is 78.0 Å². The van der Waals surface area contributed by atoms with Crippen LogP contribution in [0.1, 0.15) is 31.2 Å². The normalized spacial score (nSPS) is 23.7. The number of nitrogens with zero attached hydrogens (tertiary/aromatic N) is 1. The van der Waals surface area contributed by atoms with Crippen molar-refractivity contribution in [3.8, 4) is 5.75 Å². The second-order valence-electron chi connectivity index (χ2n) is 9.80. The van der Waals surface area contributed by atoms with Crippen LogP contribution in [0.3, 0.4) is 0 Å². The van der Waals surface area contributed by atoms with Gasteiger partial charge in [-0.2, -0.15) is 0 Å². The minimum Gasteiger partial charge on any atom is -0.455 e. The van der Waals surface area contributed by atoms with Gasteiger partial charge in [0.05, 0.1) is 18.7 Å². The van der Waals surface area contributed by atoms with Crippen molar-refractivity contribution in [1.29, 1.82) is 0 Å². The van der Waals surface area contributed by atoms with Gasteiger partial charge in [0.25, 0.3) is 0 Å². The van der Waals surface area contributed by atoms with Crippen LogP contribution in [0.5, 0.6) is 5.75 Å². The van der Waals surface area contributed by atoms with Gasteiger partial charge in [-0.15, -0.1) is 0 Å². The highest BCUT2D eigenvalue weighted by Gasteiger charge is 2.44. The number of carbonyl (C=O) groups is 1. The number of carbonyl (C=O) groups excluding carboxylic acids is 1. The molecule has 1 unspecified atom stereocenters. The van der Waals surface area contributed by atoms with Crippen molar-refractivity contribution in [1.82, 2.24) is 4.57 Å². The lowest BCUT2D eigenvalue weighted by atomic mass is 9.98. The fraction of sp³-hybridized carbons (Fsp3) is 0.367. The van der Waals surface area contributed by atoms with E-state index in [2.05, 4.69) is 6.07 Å². The van der Waals surface area contributed by atoms with Crippen LogP contribution in [0.2, 0.25) is 0 Å². The maximum Gasteiger partial charge on any atom is 0.511 e. The molecular weight excluding hydrogens is 518 g/mol. The number of ether oxygens (including phenoxy) is 4. The number of fused-ring (bicyclic) bond motifs is 2. The quantitative estimate of drug-likeness (QED) is 0.192. The Labute approximate surface area is 230 Å². The zero-order chi connectivity index (χ0) is 28.4. The first-order valence-electron chi connectivity index (χ1n) is 13.2. The summed E-state index contributed by atoms with van der Waals surface area (Å²) in [5.74, 6) is 0.555. The Hall–Kier alpha value is -3.67. The lowest BCUT2D eigenvalue weighted by molar-refractivity contribution is -0.250. The Balaban J connectivity index is 1.38. The molecule has 1 aliphatic rings. The third-order valence-corrected chi connectivity index (χ3v) is 7.06.